The first-order valence-electron chi connectivity index (χ1n) is 5.01. The lowest BCUT2D eigenvalue weighted by Gasteiger charge is -2.29. The van der Waals surface area contributed by atoms with E-state index in [4.69, 9.17) is 4.74 Å². The van der Waals surface area contributed by atoms with Crippen molar-refractivity contribution in [1.29, 1.82) is 0 Å². The summed E-state index contributed by atoms with van der Waals surface area (Å²) in [5.41, 5.74) is 0. The monoisotopic (exact) mass is 193 g/mol. The first-order valence-corrected chi connectivity index (χ1v) is 5.01. The second-order valence-corrected chi connectivity index (χ2v) is 3.69. The second kappa shape index (κ2) is 4.37. The van der Waals surface area contributed by atoms with Crippen LogP contribution < -0.4 is 10.1 Å². The molecule has 2 heterocycles. The van der Waals surface area contributed by atoms with Crippen LogP contribution in [0.1, 0.15) is 13.3 Å². The molecular weight excluding hydrogens is 178 g/mol. The van der Waals surface area contributed by atoms with Gasteiger partial charge in [-0.25, -0.2) is 0 Å². The third-order valence-corrected chi connectivity index (χ3v) is 2.58. The molecule has 4 heteroatoms. The molecule has 14 heavy (non-hydrogen) atoms. The van der Waals surface area contributed by atoms with E-state index in [1.807, 2.05) is 12.1 Å². The van der Waals surface area contributed by atoms with Gasteiger partial charge < -0.3 is 10.1 Å². The van der Waals surface area contributed by atoms with Gasteiger partial charge in [-0.05, 0) is 24.9 Å². The van der Waals surface area contributed by atoms with Crippen LogP contribution in [0.3, 0.4) is 0 Å². The number of piperidine rings is 1. The number of aromatic nitrogens is 2. The van der Waals surface area contributed by atoms with Gasteiger partial charge >= 0.3 is 0 Å². The first-order chi connectivity index (χ1) is 6.86. The van der Waals surface area contributed by atoms with E-state index in [1.165, 1.54) is 0 Å². The van der Waals surface area contributed by atoms with E-state index >= 15 is 0 Å². The highest BCUT2D eigenvalue weighted by Gasteiger charge is 2.22. The molecule has 1 N–H and O–H groups in total. The van der Waals surface area contributed by atoms with Gasteiger partial charge in [-0.1, -0.05) is 6.92 Å². The van der Waals surface area contributed by atoms with Crippen molar-refractivity contribution in [2.75, 3.05) is 13.1 Å². The summed E-state index contributed by atoms with van der Waals surface area (Å²) in [5.74, 6) is 1.20. The van der Waals surface area contributed by atoms with Crippen molar-refractivity contribution in [3.63, 3.8) is 0 Å². The summed E-state index contributed by atoms with van der Waals surface area (Å²) in [4.78, 5) is 0. The molecule has 2 rings (SSSR count). The van der Waals surface area contributed by atoms with Gasteiger partial charge in [0.05, 0.1) is 0 Å². The lowest BCUT2D eigenvalue weighted by atomic mass is 9.97. The molecule has 1 saturated heterocycles. The van der Waals surface area contributed by atoms with Gasteiger partial charge in [-0.2, -0.15) is 5.10 Å². The van der Waals surface area contributed by atoms with E-state index in [1.54, 1.807) is 6.20 Å². The second-order valence-electron chi connectivity index (χ2n) is 3.69. The lowest BCUT2D eigenvalue weighted by Crippen LogP contribution is -2.43. The molecule has 0 aliphatic carbocycles. The number of hydrogen-bond donors (Lipinski definition) is 1. The minimum Gasteiger partial charge on any atom is -0.472 e. The van der Waals surface area contributed by atoms with Crippen LogP contribution >= 0.6 is 0 Å². The summed E-state index contributed by atoms with van der Waals surface area (Å²) in [6.45, 7) is 4.20. The summed E-state index contributed by atoms with van der Waals surface area (Å²) in [7, 11) is 0. The fourth-order valence-electron chi connectivity index (χ4n) is 1.62. The molecule has 76 valence electrons. The third kappa shape index (κ3) is 2.20. The van der Waals surface area contributed by atoms with E-state index in [0.29, 0.717) is 11.8 Å². The van der Waals surface area contributed by atoms with E-state index in [9.17, 15) is 0 Å². The number of nitrogens with one attached hydrogen (secondary N) is 1. The highest BCUT2D eigenvalue weighted by Crippen LogP contribution is 2.16. The molecule has 1 aliphatic rings. The Morgan fingerprint density at radius 2 is 2.50 bits per heavy atom. The van der Waals surface area contributed by atoms with Crippen LogP contribution in [0.15, 0.2) is 18.3 Å². The van der Waals surface area contributed by atoms with Gasteiger partial charge in [0.25, 0.3) is 0 Å². The molecule has 0 aromatic carbocycles. The Morgan fingerprint density at radius 3 is 3.21 bits per heavy atom. The summed E-state index contributed by atoms with van der Waals surface area (Å²) in [5, 5.41) is 11.0. The Morgan fingerprint density at radius 1 is 1.57 bits per heavy atom. The van der Waals surface area contributed by atoms with Gasteiger partial charge in [0.2, 0.25) is 5.88 Å². The minimum atomic E-state index is 0.223. The van der Waals surface area contributed by atoms with Gasteiger partial charge in [-0.3, -0.25) is 0 Å². The average Bonchev–Trinajstić information content (AvgIpc) is 2.23. The largest absolute Gasteiger partial charge is 0.472 e. The fraction of sp³-hybridized carbons (Fsp3) is 0.600. The molecule has 0 bridgehead atoms. The molecule has 0 spiro atoms. The van der Waals surface area contributed by atoms with E-state index in [-0.39, 0.29) is 6.10 Å². The van der Waals surface area contributed by atoms with Crippen molar-refractivity contribution in [2.45, 2.75) is 19.4 Å². The normalized spacial score (nSPS) is 27.2. The van der Waals surface area contributed by atoms with Crippen LogP contribution in [0.4, 0.5) is 0 Å². The molecule has 1 aromatic rings. The van der Waals surface area contributed by atoms with Crippen molar-refractivity contribution < 1.29 is 4.74 Å². The van der Waals surface area contributed by atoms with Crippen molar-refractivity contribution in [3.8, 4) is 5.88 Å². The molecule has 2 atom stereocenters. The fourth-order valence-corrected chi connectivity index (χ4v) is 1.62. The third-order valence-electron chi connectivity index (χ3n) is 2.58. The predicted octanol–water partition coefficient (Wildman–Crippen LogP) is 0.853. The SMILES string of the molecule is CC1CCNCC1Oc1cccnn1. The molecule has 0 radical (unpaired) electrons. The molecule has 0 amide bonds. The summed E-state index contributed by atoms with van der Waals surface area (Å²) in [6.07, 6.45) is 3.03. The Kier molecular flexibility index (Phi) is 2.93. The topological polar surface area (TPSA) is 47.0 Å². The smallest absolute Gasteiger partial charge is 0.233 e. The number of rotatable bonds is 2. The number of hydrogen-bond acceptors (Lipinski definition) is 4. The molecule has 0 saturated carbocycles. The van der Waals surface area contributed by atoms with Crippen LogP contribution in [-0.4, -0.2) is 29.4 Å². The zero-order chi connectivity index (χ0) is 9.80. The maximum atomic E-state index is 5.73. The van der Waals surface area contributed by atoms with Crippen LogP contribution in [-0.2, 0) is 0 Å². The van der Waals surface area contributed by atoms with Crippen LogP contribution in [0.5, 0.6) is 5.88 Å². The van der Waals surface area contributed by atoms with Crippen molar-refractivity contribution in [1.82, 2.24) is 15.5 Å². The highest BCUT2D eigenvalue weighted by atomic mass is 16.5. The molecule has 4 nitrogen and oxygen atoms in total. The summed E-state index contributed by atoms with van der Waals surface area (Å²) >= 11 is 0. The van der Waals surface area contributed by atoms with Crippen molar-refractivity contribution in [3.05, 3.63) is 18.3 Å². The van der Waals surface area contributed by atoms with Crippen LogP contribution in [0.25, 0.3) is 0 Å². The Bertz CT molecular complexity index is 278. The summed E-state index contributed by atoms with van der Waals surface area (Å²) in [6, 6.07) is 3.68. The van der Waals surface area contributed by atoms with Gasteiger partial charge in [0.1, 0.15) is 6.10 Å². The highest BCUT2D eigenvalue weighted by molar-refractivity contribution is 5.06. The average molecular weight is 193 g/mol. The predicted molar refractivity (Wildman–Crippen MR) is 53.1 cm³/mol. The summed E-state index contributed by atoms with van der Waals surface area (Å²) < 4.78 is 5.73. The standard InChI is InChI=1S/C10H15N3O/c1-8-4-6-11-7-9(8)14-10-3-2-5-12-13-10/h2-3,5,8-9,11H,4,6-7H2,1H3. The lowest BCUT2D eigenvalue weighted by molar-refractivity contribution is 0.108. The number of nitrogens with zero attached hydrogens (tertiary/aromatic N) is 2. The van der Waals surface area contributed by atoms with E-state index in [2.05, 4.69) is 22.4 Å². The molecular formula is C10H15N3O. The minimum absolute atomic E-state index is 0.223. The molecule has 2 unspecified atom stereocenters. The molecule has 1 aromatic heterocycles. The van der Waals surface area contributed by atoms with Crippen molar-refractivity contribution in [2.24, 2.45) is 5.92 Å². The number of ether oxygens (including phenoxy) is 1. The van der Waals surface area contributed by atoms with E-state index < -0.39 is 0 Å². The molecule has 1 aliphatic heterocycles. The first kappa shape index (κ1) is 9.40. The van der Waals surface area contributed by atoms with Crippen molar-refractivity contribution >= 4 is 0 Å². The zero-order valence-electron chi connectivity index (χ0n) is 8.31. The maximum absolute atomic E-state index is 5.73. The Balaban J connectivity index is 1.96. The zero-order valence-corrected chi connectivity index (χ0v) is 8.31. The Hall–Kier alpha value is -1.16. The quantitative estimate of drug-likeness (QED) is 0.756. The van der Waals surface area contributed by atoms with Crippen LogP contribution in [0.2, 0.25) is 0 Å². The van der Waals surface area contributed by atoms with Gasteiger partial charge in [0, 0.05) is 18.8 Å². The van der Waals surface area contributed by atoms with Crippen LogP contribution in [0, 0.1) is 5.92 Å². The maximum Gasteiger partial charge on any atom is 0.233 e. The van der Waals surface area contributed by atoms with Gasteiger partial charge in [-0.15, -0.1) is 5.10 Å². The molecule has 1 fully saturated rings. The van der Waals surface area contributed by atoms with Gasteiger partial charge in [0.15, 0.2) is 0 Å². The Labute approximate surface area is 83.7 Å². The van der Waals surface area contributed by atoms with E-state index in [0.717, 1.165) is 19.5 Å².